The van der Waals surface area contributed by atoms with Crippen LogP contribution in [-0.2, 0) is 23.9 Å². The number of hydrogen-bond donors (Lipinski definition) is 2. The maximum atomic E-state index is 14.5. The van der Waals surface area contributed by atoms with Crippen molar-refractivity contribution in [3.8, 4) is 11.5 Å². The third-order valence-corrected chi connectivity index (χ3v) is 17.0. The summed E-state index contributed by atoms with van der Waals surface area (Å²) in [4.78, 5) is 52.7. The molecule has 2 amide bonds. The largest absolute Gasteiger partial charge is 0.481 e. The van der Waals surface area contributed by atoms with Crippen LogP contribution < -0.4 is 14.8 Å². The minimum absolute atomic E-state index is 0.00945. The lowest BCUT2D eigenvalue weighted by molar-refractivity contribution is -0.249. The van der Waals surface area contributed by atoms with Gasteiger partial charge in [0.05, 0.1) is 17.3 Å². The van der Waals surface area contributed by atoms with Crippen LogP contribution in [0.4, 0.5) is 0 Å². The SMILES string of the molecule is C=C(C)[C@@H]1CC[C@]2(C(=O)NC(=O)/C=C/c3ccc4c(c3)OCO4)CC[C@]3(C)[C@H](CC[C@@H]4[C@@]5(C)CC[C@H](OC(=O)CC(C)(C)C(=O)O)C(C)(C)[C@@H]5CC[C@]43C)[C@@H]12. The van der Waals surface area contributed by atoms with Gasteiger partial charge in [-0.25, -0.2) is 0 Å². The lowest BCUT2D eigenvalue weighted by Crippen LogP contribution is -2.67. The van der Waals surface area contributed by atoms with E-state index < -0.39 is 28.7 Å². The lowest BCUT2D eigenvalue weighted by Gasteiger charge is -2.72. The standard InChI is InChI=1S/C46H63NO8/c1-27(2)29-16-21-46(39(50)47-36(48)15-11-28-10-13-31-32(24-28)54-26-53-31)23-22-44(8)30(38(29)46)12-14-34-43(7)19-18-35(55-37(49)25-41(3,4)40(51)52)42(5,6)33(43)17-20-45(34,44)9/h10-11,13,15,24,29-30,33-35,38H,1,12,14,16-23,25-26H2,2-9H3,(H,51,52)(H,47,48,50)/b15-11+/t29-,30+,33-,34+,35-,38+,43-,44+,45+,46-/m0/s1. The Kier molecular flexibility index (Phi) is 9.72. The van der Waals surface area contributed by atoms with E-state index in [1.54, 1.807) is 19.9 Å². The summed E-state index contributed by atoms with van der Waals surface area (Å²) in [6.07, 6.45) is 12.1. The molecule has 0 unspecified atom stereocenters. The second kappa shape index (κ2) is 13.5. The molecular formula is C46H63NO8. The number of carboxylic acid groups (broad SMARTS) is 1. The summed E-state index contributed by atoms with van der Waals surface area (Å²) >= 11 is 0. The van der Waals surface area contributed by atoms with Crippen LogP contribution in [0.5, 0.6) is 11.5 Å². The quantitative estimate of drug-likeness (QED) is 0.153. The van der Waals surface area contributed by atoms with Crippen LogP contribution in [0.25, 0.3) is 6.08 Å². The Hall–Kier alpha value is -3.62. The average Bonchev–Trinajstić information content (AvgIpc) is 3.74. The molecule has 1 aliphatic heterocycles. The highest BCUT2D eigenvalue weighted by atomic mass is 16.7. The van der Waals surface area contributed by atoms with E-state index in [4.69, 9.17) is 14.2 Å². The molecule has 0 radical (unpaired) electrons. The summed E-state index contributed by atoms with van der Waals surface area (Å²) in [5.41, 5.74) is 0.0189. The van der Waals surface area contributed by atoms with Gasteiger partial charge >= 0.3 is 11.9 Å². The number of carboxylic acids is 1. The van der Waals surface area contributed by atoms with Crippen LogP contribution in [0.3, 0.4) is 0 Å². The van der Waals surface area contributed by atoms with E-state index in [1.807, 2.05) is 18.2 Å². The number of imide groups is 1. The van der Waals surface area contributed by atoms with Gasteiger partial charge in [-0.05, 0) is 155 Å². The molecule has 1 aromatic carbocycles. The zero-order valence-corrected chi connectivity index (χ0v) is 34.3. The number of esters is 1. The fraction of sp³-hybridized carbons (Fsp3) is 0.696. The molecule has 1 heterocycles. The van der Waals surface area contributed by atoms with Crippen molar-refractivity contribution in [3.63, 3.8) is 0 Å². The molecule has 0 saturated heterocycles. The molecule has 9 heteroatoms. The lowest BCUT2D eigenvalue weighted by atomic mass is 9.32. The van der Waals surface area contributed by atoms with Gasteiger partial charge in [0.25, 0.3) is 5.91 Å². The molecule has 0 bridgehead atoms. The van der Waals surface area contributed by atoms with Crippen LogP contribution in [0.2, 0.25) is 0 Å². The summed E-state index contributed by atoms with van der Waals surface area (Å²) < 4.78 is 17.1. The van der Waals surface area contributed by atoms with E-state index in [1.165, 1.54) is 6.08 Å². The maximum absolute atomic E-state index is 14.5. The van der Waals surface area contributed by atoms with Gasteiger partial charge in [-0.15, -0.1) is 0 Å². The van der Waals surface area contributed by atoms with Crippen LogP contribution in [-0.4, -0.2) is 41.8 Å². The molecule has 2 N–H and O–H groups in total. The van der Waals surface area contributed by atoms with E-state index >= 15 is 0 Å². The van der Waals surface area contributed by atoms with Crippen molar-refractivity contribution in [3.05, 3.63) is 42.0 Å². The molecule has 0 spiro atoms. The Morgan fingerprint density at radius 2 is 1.64 bits per heavy atom. The van der Waals surface area contributed by atoms with Crippen molar-refractivity contribution >= 4 is 29.8 Å². The van der Waals surface area contributed by atoms with E-state index in [2.05, 4.69) is 53.4 Å². The third-order valence-electron chi connectivity index (χ3n) is 17.0. The summed E-state index contributed by atoms with van der Waals surface area (Å²) in [6.45, 7) is 22.0. The molecular weight excluding hydrogens is 695 g/mol. The maximum Gasteiger partial charge on any atom is 0.309 e. The van der Waals surface area contributed by atoms with Crippen molar-refractivity contribution in [2.24, 2.45) is 62.1 Å². The molecule has 300 valence electrons. The minimum atomic E-state index is -1.17. The van der Waals surface area contributed by atoms with Gasteiger partial charge in [-0.1, -0.05) is 52.8 Å². The molecule has 7 rings (SSSR count). The summed E-state index contributed by atoms with van der Waals surface area (Å²) in [5, 5.41) is 12.5. The Bertz CT molecular complexity index is 1810. The van der Waals surface area contributed by atoms with Crippen LogP contribution >= 0.6 is 0 Å². The van der Waals surface area contributed by atoms with Gasteiger partial charge in [0.1, 0.15) is 6.10 Å². The summed E-state index contributed by atoms with van der Waals surface area (Å²) in [7, 11) is 0. The molecule has 5 fully saturated rings. The highest BCUT2D eigenvalue weighted by Crippen LogP contribution is 2.77. The average molecular weight is 758 g/mol. The Morgan fingerprint density at radius 3 is 2.35 bits per heavy atom. The zero-order chi connectivity index (χ0) is 39.9. The Morgan fingerprint density at radius 1 is 0.909 bits per heavy atom. The van der Waals surface area contributed by atoms with Crippen molar-refractivity contribution in [1.29, 1.82) is 0 Å². The molecule has 5 saturated carbocycles. The fourth-order valence-electron chi connectivity index (χ4n) is 13.8. The third kappa shape index (κ3) is 6.16. The molecule has 9 nitrogen and oxygen atoms in total. The number of rotatable bonds is 8. The first-order valence-corrected chi connectivity index (χ1v) is 20.7. The number of allylic oxidation sites excluding steroid dienone is 1. The number of fused-ring (bicyclic) bond motifs is 8. The normalized spacial score (nSPS) is 38.5. The van der Waals surface area contributed by atoms with Gasteiger partial charge in [0, 0.05) is 11.5 Å². The van der Waals surface area contributed by atoms with Gasteiger partial charge in [-0.3, -0.25) is 24.5 Å². The van der Waals surface area contributed by atoms with Crippen LogP contribution in [0, 0.1) is 62.1 Å². The van der Waals surface area contributed by atoms with Crippen molar-refractivity contribution in [1.82, 2.24) is 5.32 Å². The molecule has 0 aromatic heterocycles. The summed E-state index contributed by atoms with van der Waals surface area (Å²) in [5.74, 6) is 0.894. The highest BCUT2D eigenvalue weighted by Gasteiger charge is 2.72. The van der Waals surface area contributed by atoms with E-state index in [0.717, 1.165) is 75.3 Å². The highest BCUT2D eigenvalue weighted by molar-refractivity contribution is 6.05. The topological polar surface area (TPSA) is 128 Å². The number of ether oxygens (including phenoxy) is 3. The van der Waals surface area contributed by atoms with Crippen LogP contribution in [0.15, 0.2) is 36.4 Å². The predicted octanol–water partition coefficient (Wildman–Crippen LogP) is 9.14. The number of carbonyl (C=O) groups excluding carboxylic acids is 3. The number of nitrogens with one attached hydrogen (secondary N) is 1. The monoisotopic (exact) mass is 757 g/mol. The molecule has 1 aromatic rings. The first-order valence-electron chi connectivity index (χ1n) is 20.7. The van der Waals surface area contributed by atoms with Crippen molar-refractivity contribution in [2.75, 3.05) is 6.79 Å². The van der Waals surface area contributed by atoms with Gasteiger partial charge in [-0.2, -0.15) is 0 Å². The van der Waals surface area contributed by atoms with E-state index in [9.17, 15) is 24.3 Å². The van der Waals surface area contributed by atoms with Gasteiger partial charge in [0.2, 0.25) is 12.7 Å². The molecule has 5 aliphatic carbocycles. The number of benzene rings is 1. The second-order valence-corrected chi connectivity index (χ2v) is 20.3. The minimum Gasteiger partial charge on any atom is -0.481 e. The molecule has 6 aliphatic rings. The van der Waals surface area contributed by atoms with E-state index in [0.29, 0.717) is 29.3 Å². The second-order valence-electron chi connectivity index (χ2n) is 20.3. The zero-order valence-electron chi connectivity index (χ0n) is 34.3. The van der Waals surface area contributed by atoms with Gasteiger partial charge < -0.3 is 19.3 Å². The number of hydrogen-bond acceptors (Lipinski definition) is 7. The van der Waals surface area contributed by atoms with Crippen LogP contribution in [0.1, 0.15) is 132 Å². The fourth-order valence-corrected chi connectivity index (χ4v) is 13.8. The number of amides is 2. The Balaban J connectivity index is 1.11. The number of carbonyl (C=O) groups is 4. The Labute approximate surface area is 327 Å². The smallest absolute Gasteiger partial charge is 0.309 e. The van der Waals surface area contributed by atoms with E-state index in [-0.39, 0.29) is 58.7 Å². The predicted molar refractivity (Wildman–Crippen MR) is 210 cm³/mol. The molecule has 55 heavy (non-hydrogen) atoms. The summed E-state index contributed by atoms with van der Waals surface area (Å²) in [6, 6.07) is 5.52. The first-order chi connectivity index (χ1) is 25.7. The molecule has 10 atom stereocenters. The number of aliphatic carboxylic acids is 1. The van der Waals surface area contributed by atoms with Gasteiger partial charge in [0.15, 0.2) is 11.5 Å². The van der Waals surface area contributed by atoms with Crippen molar-refractivity contribution in [2.45, 2.75) is 132 Å². The van der Waals surface area contributed by atoms with Crippen molar-refractivity contribution < 1.29 is 38.5 Å². The first kappa shape index (κ1) is 39.6.